The maximum Gasteiger partial charge on any atom is 0.119 e. The van der Waals surface area contributed by atoms with Gasteiger partial charge in [-0.15, -0.1) is 0 Å². The first-order chi connectivity index (χ1) is 15.0. The van der Waals surface area contributed by atoms with Gasteiger partial charge in [-0.3, -0.25) is 0 Å². The van der Waals surface area contributed by atoms with E-state index in [0.717, 1.165) is 28.1 Å². The molecule has 0 heterocycles. The molecule has 0 spiro atoms. The van der Waals surface area contributed by atoms with Crippen molar-refractivity contribution in [3.8, 4) is 5.75 Å². The molecule has 160 valence electrons. The Balaban J connectivity index is 1.83. The average Bonchev–Trinajstić information content (AvgIpc) is 2.79. The van der Waals surface area contributed by atoms with Gasteiger partial charge in [0.2, 0.25) is 0 Å². The van der Waals surface area contributed by atoms with E-state index >= 15 is 0 Å². The van der Waals surface area contributed by atoms with Gasteiger partial charge in [-0.1, -0.05) is 75.5 Å². The van der Waals surface area contributed by atoms with E-state index in [0.29, 0.717) is 11.6 Å². The van der Waals surface area contributed by atoms with Gasteiger partial charge < -0.3 is 4.74 Å². The number of aliphatic imine (C=N–C) groups is 1. The van der Waals surface area contributed by atoms with Gasteiger partial charge in [-0.25, -0.2) is 4.99 Å². The van der Waals surface area contributed by atoms with E-state index in [1.54, 1.807) is 0 Å². The first-order valence-corrected chi connectivity index (χ1v) is 11.2. The third-order valence-corrected chi connectivity index (χ3v) is 5.42. The van der Waals surface area contributed by atoms with Crippen LogP contribution in [0.15, 0.2) is 83.9 Å². The molecule has 0 radical (unpaired) electrons. The lowest BCUT2D eigenvalue weighted by molar-refractivity contribution is 0.166. The highest BCUT2D eigenvalue weighted by molar-refractivity contribution is 6.30. The molecule has 0 bridgehead atoms. The normalized spacial score (nSPS) is 11.0. The van der Waals surface area contributed by atoms with Gasteiger partial charge in [0, 0.05) is 5.02 Å². The summed E-state index contributed by atoms with van der Waals surface area (Å²) in [4.78, 5) is 4.54. The fraction of sp³-hybridized carbons (Fsp3) is 0.286. The zero-order valence-electron chi connectivity index (χ0n) is 18.6. The van der Waals surface area contributed by atoms with Crippen LogP contribution in [0.3, 0.4) is 0 Å². The lowest BCUT2D eigenvalue weighted by atomic mass is 9.88. The van der Waals surface area contributed by atoms with E-state index in [2.05, 4.69) is 55.9 Å². The monoisotopic (exact) mass is 431 g/mol. The molecule has 3 heteroatoms. The van der Waals surface area contributed by atoms with Crippen molar-refractivity contribution < 1.29 is 4.74 Å². The van der Waals surface area contributed by atoms with E-state index in [1.807, 2.05) is 54.6 Å². The molecule has 0 atom stereocenters. The summed E-state index contributed by atoms with van der Waals surface area (Å²) in [6, 6.07) is 25.8. The van der Waals surface area contributed by atoms with E-state index in [4.69, 9.17) is 16.3 Å². The number of benzene rings is 3. The Morgan fingerprint density at radius 3 is 2.19 bits per heavy atom. The second kappa shape index (κ2) is 11.0. The predicted octanol–water partition coefficient (Wildman–Crippen LogP) is 8.37. The molecular formula is C28H30ClNO. The highest BCUT2D eigenvalue weighted by Crippen LogP contribution is 2.27. The first kappa shape index (κ1) is 22.9. The Morgan fingerprint density at radius 2 is 1.55 bits per heavy atom. The minimum Gasteiger partial charge on any atom is -0.493 e. The standard InChI is InChI=1S/C28H30ClNO/c1-4-5-19-28(2,3)21-31-26-17-11-23(12-18-26)27(22-9-7-6-8-10-22)20-30-25-15-13-24(29)14-16-25/h6-18H,4-5,19,21H2,1-3H3. The Labute approximate surface area is 191 Å². The summed E-state index contributed by atoms with van der Waals surface area (Å²) in [6.07, 6.45) is 3.61. The van der Waals surface area contributed by atoms with Crippen molar-refractivity contribution in [3.05, 3.63) is 95.0 Å². The molecule has 0 fully saturated rings. The summed E-state index contributed by atoms with van der Waals surface area (Å²) in [5, 5.41) is 0.694. The number of ether oxygens (including phenoxy) is 1. The van der Waals surface area contributed by atoms with Crippen molar-refractivity contribution >= 4 is 28.7 Å². The van der Waals surface area contributed by atoms with E-state index in [9.17, 15) is 0 Å². The lowest BCUT2D eigenvalue weighted by Gasteiger charge is -2.24. The smallest absolute Gasteiger partial charge is 0.119 e. The second-order valence-corrected chi connectivity index (χ2v) is 8.96. The van der Waals surface area contributed by atoms with Crippen LogP contribution in [0.2, 0.25) is 5.02 Å². The van der Waals surface area contributed by atoms with Crippen LogP contribution < -0.4 is 4.74 Å². The fourth-order valence-electron chi connectivity index (χ4n) is 3.26. The van der Waals surface area contributed by atoms with Crippen LogP contribution in [0.25, 0.3) is 5.57 Å². The quantitative estimate of drug-likeness (QED) is 0.312. The van der Waals surface area contributed by atoms with Crippen molar-refractivity contribution in [2.45, 2.75) is 40.0 Å². The summed E-state index contributed by atoms with van der Waals surface area (Å²) < 4.78 is 6.08. The Hall–Kier alpha value is -2.80. The minimum atomic E-state index is 0.176. The van der Waals surface area contributed by atoms with Crippen molar-refractivity contribution in [2.24, 2.45) is 10.4 Å². The highest BCUT2D eigenvalue weighted by atomic mass is 35.5. The van der Waals surface area contributed by atoms with Crippen LogP contribution in [-0.4, -0.2) is 12.5 Å². The zero-order chi connectivity index (χ0) is 22.1. The number of hydrogen-bond acceptors (Lipinski definition) is 2. The zero-order valence-corrected chi connectivity index (χ0v) is 19.3. The molecule has 3 aromatic carbocycles. The summed E-state index contributed by atoms with van der Waals surface area (Å²) >= 11 is 5.98. The van der Waals surface area contributed by atoms with Crippen LogP contribution in [-0.2, 0) is 0 Å². The molecule has 3 aromatic rings. The molecule has 0 saturated carbocycles. The molecule has 2 nitrogen and oxygen atoms in total. The molecule has 0 amide bonds. The molecular weight excluding hydrogens is 402 g/mol. The van der Waals surface area contributed by atoms with Gasteiger partial charge in [0.1, 0.15) is 5.75 Å². The van der Waals surface area contributed by atoms with Gasteiger partial charge in [-0.05, 0) is 77.4 Å². The largest absolute Gasteiger partial charge is 0.493 e. The topological polar surface area (TPSA) is 21.6 Å². The summed E-state index contributed by atoms with van der Waals surface area (Å²) in [5.74, 6) is 4.13. The molecule has 0 aromatic heterocycles. The third-order valence-electron chi connectivity index (χ3n) is 5.17. The number of halogens is 1. The molecule has 0 aliphatic carbocycles. The summed E-state index contributed by atoms with van der Waals surface area (Å²) in [7, 11) is 0. The first-order valence-electron chi connectivity index (χ1n) is 10.8. The van der Waals surface area contributed by atoms with Crippen molar-refractivity contribution in [1.82, 2.24) is 0 Å². The maximum absolute atomic E-state index is 6.08. The number of hydrogen-bond donors (Lipinski definition) is 0. The number of unbranched alkanes of at least 4 members (excludes halogenated alkanes) is 1. The molecule has 31 heavy (non-hydrogen) atoms. The van der Waals surface area contributed by atoms with E-state index < -0.39 is 0 Å². The second-order valence-electron chi connectivity index (χ2n) is 8.52. The van der Waals surface area contributed by atoms with Gasteiger partial charge >= 0.3 is 0 Å². The van der Waals surface area contributed by atoms with E-state index in [1.165, 1.54) is 19.3 Å². The number of rotatable bonds is 9. The lowest BCUT2D eigenvalue weighted by Crippen LogP contribution is -2.21. The predicted molar refractivity (Wildman–Crippen MR) is 133 cm³/mol. The molecule has 0 saturated heterocycles. The molecule has 0 unspecified atom stereocenters. The van der Waals surface area contributed by atoms with E-state index in [-0.39, 0.29) is 5.41 Å². The van der Waals surface area contributed by atoms with Crippen molar-refractivity contribution in [2.75, 3.05) is 6.61 Å². The summed E-state index contributed by atoms with van der Waals surface area (Å²) in [5.41, 5.74) is 4.03. The Bertz CT molecular complexity index is 1010. The minimum absolute atomic E-state index is 0.176. The maximum atomic E-state index is 6.08. The van der Waals surface area contributed by atoms with Gasteiger partial charge in [0.05, 0.1) is 17.9 Å². The van der Waals surface area contributed by atoms with Crippen LogP contribution in [0, 0.1) is 5.41 Å². The van der Waals surface area contributed by atoms with Gasteiger partial charge in [-0.2, -0.15) is 0 Å². The average molecular weight is 432 g/mol. The molecule has 3 rings (SSSR count). The Morgan fingerprint density at radius 1 is 0.903 bits per heavy atom. The molecule has 0 aliphatic rings. The van der Waals surface area contributed by atoms with Crippen molar-refractivity contribution in [3.63, 3.8) is 0 Å². The molecule has 0 N–H and O–H groups in total. The summed E-state index contributed by atoms with van der Waals surface area (Å²) in [6.45, 7) is 7.47. The third kappa shape index (κ3) is 7.14. The number of nitrogens with zero attached hydrogens (tertiary/aromatic N) is 1. The molecule has 0 aliphatic heterocycles. The van der Waals surface area contributed by atoms with Crippen LogP contribution in [0.1, 0.15) is 51.2 Å². The Kier molecular flexibility index (Phi) is 8.12. The van der Waals surface area contributed by atoms with Gasteiger partial charge in [0.25, 0.3) is 0 Å². The van der Waals surface area contributed by atoms with Crippen molar-refractivity contribution in [1.29, 1.82) is 0 Å². The van der Waals surface area contributed by atoms with Gasteiger partial charge in [0.15, 0.2) is 0 Å². The fourth-order valence-corrected chi connectivity index (χ4v) is 3.39. The van der Waals surface area contributed by atoms with Crippen LogP contribution in [0.5, 0.6) is 5.75 Å². The van der Waals surface area contributed by atoms with Crippen LogP contribution >= 0.6 is 11.6 Å². The van der Waals surface area contributed by atoms with Crippen LogP contribution in [0.4, 0.5) is 5.69 Å². The SMILES string of the molecule is CCCCC(C)(C)COc1ccc(C(=C=Nc2ccc(Cl)cc2)c2ccccc2)cc1. The highest BCUT2D eigenvalue weighted by Gasteiger charge is 2.18.